The largest absolute Gasteiger partial charge is 0.334 e. The number of aromatic nitrogens is 4. The van der Waals surface area contributed by atoms with Crippen LogP contribution in [0.25, 0.3) is 0 Å². The fourth-order valence-electron chi connectivity index (χ4n) is 1.90. The Labute approximate surface area is 112 Å². The molecular weight excluding hydrogens is 244 g/mol. The van der Waals surface area contributed by atoms with Crippen molar-refractivity contribution in [2.75, 3.05) is 11.9 Å². The number of anilines is 1. The van der Waals surface area contributed by atoms with Crippen molar-refractivity contribution < 1.29 is 4.79 Å². The van der Waals surface area contributed by atoms with Crippen molar-refractivity contribution >= 4 is 12.0 Å². The molecule has 7 heteroatoms. The van der Waals surface area contributed by atoms with E-state index in [1.54, 1.807) is 0 Å². The van der Waals surface area contributed by atoms with E-state index in [0.717, 1.165) is 12.8 Å². The number of hydrogen-bond acceptors (Lipinski definition) is 4. The second kappa shape index (κ2) is 6.31. The zero-order valence-electron chi connectivity index (χ0n) is 11.4. The third kappa shape index (κ3) is 4.04. The molecule has 0 spiro atoms. The molecule has 0 aliphatic heterocycles. The SMILES string of the molecule is CC(C)n1nnc(NC(=O)NCC2=CCCCC2)n1. The molecule has 104 valence electrons. The van der Waals surface area contributed by atoms with Gasteiger partial charge in [-0.15, -0.1) is 5.10 Å². The highest BCUT2D eigenvalue weighted by Gasteiger charge is 2.10. The minimum Gasteiger partial charge on any atom is -0.334 e. The van der Waals surface area contributed by atoms with Crippen LogP contribution in [0, 0.1) is 0 Å². The molecule has 19 heavy (non-hydrogen) atoms. The van der Waals surface area contributed by atoms with Gasteiger partial charge in [-0.1, -0.05) is 16.7 Å². The van der Waals surface area contributed by atoms with E-state index in [2.05, 4.69) is 32.1 Å². The summed E-state index contributed by atoms with van der Waals surface area (Å²) in [4.78, 5) is 13.1. The van der Waals surface area contributed by atoms with Crippen molar-refractivity contribution in [3.8, 4) is 0 Å². The predicted molar refractivity (Wildman–Crippen MR) is 71.8 cm³/mol. The van der Waals surface area contributed by atoms with Gasteiger partial charge in [-0.25, -0.2) is 4.79 Å². The van der Waals surface area contributed by atoms with E-state index in [4.69, 9.17) is 0 Å². The number of nitrogens with one attached hydrogen (secondary N) is 2. The number of carbonyl (C=O) groups is 1. The standard InChI is InChI=1S/C12H20N6O/c1-9(2)18-16-11(15-17-18)14-12(19)13-8-10-6-4-3-5-7-10/h6,9H,3-5,7-8H2,1-2H3,(H2,13,14,16,19). The van der Waals surface area contributed by atoms with Crippen LogP contribution in [0.2, 0.25) is 0 Å². The van der Waals surface area contributed by atoms with Crippen molar-refractivity contribution in [1.82, 2.24) is 25.5 Å². The van der Waals surface area contributed by atoms with Crippen LogP contribution in [-0.2, 0) is 0 Å². The molecular formula is C12H20N6O. The summed E-state index contributed by atoms with van der Waals surface area (Å²) in [5.74, 6) is 0.226. The molecule has 1 aliphatic rings. The minimum atomic E-state index is -0.297. The molecule has 0 atom stereocenters. The number of hydrogen-bond donors (Lipinski definition) is 2. The first kappa shape index (κ1) is 13.5. The topological polar surface area (TPSA) is 84.7 Å². The van der Waals surface area contributed by atoms with Gasteiger partial charge in [0.25, 0.3) is 5.95 Å². The van der Waals surface area contributed by atoms with E-state index < -0.39 is 0 Å². The van der Waals surface area contributed by atoms with E-state index in [1.165, 1.54) is 23.2 Å². The second-order valence-electron chi connectivity index (χ2n) is 4.94. The van der Waals surface area contributed by atoms with Gasteiger partial charge in [0.2, 0.25) is 0 Å². The minimum absolute atomic E-state index is 0.124. The van der Waals surface area contributed by atoms with Gasteiger partial charge in [-0.05, 0) is 44.7 Å². The van der Waals surface area contributed by atoms with Gasteiger partial charge in [-0.3, -0.25) is 5.32 Å². The van der Waals surface area contributed by atoms with Crippen molar-refractivity contribution in [3.63, 3.8) is 0 Å². The molecule has 1 aromatic heterocycles. The summed E-state index contributed by atoms with van der Waals surface area (Å²) in [7, 11) is 0. The highest BCUT2D eigenvalue weighted by atomic mass is 16.2. The van der Waals surface area contributed by atoms with Gasteiger partial charge >= 0.3 is 6.03 Å². The van der Waals surface area contributed by atoms with Crippen molar-refractivity contribution in [2.45, 2.75) is 45.6 Å². The third-order valence-electron chi connectivity index (χ3n) is 2.98. The lowest BCUT2D eigenvalue weighted by Gasteiger charge is -2.13. The van der Waals surface area contributed by atoms with Gasteiger partial charge in [0, 0.05) is 6.54 Å². The highest BCUT2D eigenvalue weighted by Crippen LogP contribution is 2.16. The van der Waals surface area contributed by atoms with Crippen LogP contribution >= 0.6 is 0 Å². The molecule has 2 rings (SSSR count). The lowest BCUT2D eigenvalue weighted by atomic mass is 10.00. The average Bonchev–Trinajstić information content (AvgIpc) is 2.86. The first-order valence-corrected chi connectivity index (χ1v) is 6.67. The molecule has 1 heterocycles. The molecule has 0 saturated carbocycles. The van der Waals surface area contributed by atoms with E-state index in [1.807, 2.05) is 13.8 Å². The number of tetrazole rings is 1. The Morgan fingerprint density at radius 2 is 2.32 bits per heavy atom. The molecule has 0 saturated heterocycles. The normalized spacial score (nSPS) is 15.2. The molecule has 2 N–H and O–H groups in total. The Hall–Kier alpha value is -1.92. The number of rotatable bonds is 4. The maximum atomic E-state index is 11.7. The summed E-state index contributed by atoms with van der Waals surface area (Å²) in [5, 5.41) is 17.0. The summed E-state index contributed by atoms with van der Waals surface area (Å²) in [5.41, 5.74) is 1.29. The Bertz CT molecular complexity index is 465. The van der Waals surface area contributed by atoms with Gasteiger partial charge in [0.05, 0.1) is 6.04 Å². The van der Waals surface area contributed by atoms with Crippen molar-refractivity contribution in [3.05, 3.63) is 11.6 Å². The zero-order chi connectivity index (χ0) is 13.7. The third-order valence-corrected chi connectivity index (χ3v) is 2.98. The van der Waals surface area contributed by atoms with E-state index in [9.17, 15) is 4.79 Å². The van der Waals surface area contributed by atoms with Crippen LogP contribution < -0.4 is 10.6 Å². The molecule has 0 radical (unpaired) electrons. The molecule has 0 unspecified atom stereocenters. The maximum absolute atomic E-state index is 11.7. The second-order valence-corrected chi connectivity index (χ2v) is 4.94. The van der Waals surface area contributed by atoms with Crippen LogP contribution in [0.5, 0.6) is 0 Å². The number of nitrogens with zero attached hydrogens (tertiary/aromatic N) is 4. The lowest BCUT2D eigenvalue weighted by molar-refractivity contribution is 0.252. The molecule has 2 amide bonds. The van der Waals surface area contributed by atoms with Crippen LogP contribution in [0.3, 0.4) is 0 Å². The van der Waals surface area contributed by atoms with E-state index in [-0.39, 0.29) is 18.0 Å². The Morgan fingerprint density at radius 1 is 1.47 bits per heavy atom. The summed E-state index contributed by atoms with van der Waals surface area (Å²) >= 11 is 0. The van der Waals surface area contributed by atoms with Crippen LogP contribution in [0.15, 0.2) is 11.6 Å². The fraction of sp³-hybridized carbons (Fsp3) is 0.667. The quantitative estimate of drug-likeness (QED) is 0.813. The molecule has 0 aromatic carbocycles. The first-order valence-electron chi connectivity index (χ1n) is 6.67. The Morgan fingerprint density at radius 3 is 2.95 bits per heavy atom. The molecule has 1 aromatic rings. The van der Waals surface area contributed by atoms with Crippen LogP contribution in [0.4, 0.5) is 10.7 Å². The summed E-state index contributed by atoms with van der Waals surface area (Å²) in [6.45, 7) is 4.48. The Kier molecular flexibility index (Phi) is 4.48. The van der Waals surface area contributed by atoms with Crippen molar-refractivity contribution in [2.24, 2.45) is 0 Å². The Balaban J connectivity index is 1.78. The average molecular weight is 264 g/mol. The summed E-state index contributed by atoms with van der Waals surface area (Å²) in [6, 6.07) is -0.173. The molecule has 0 bridgehead atoms. The van der Waals surface area contributed by atoms with Crippen LogP contribution in [-0.4, -0.2) is 32.8 Å². The lowest BCUT2D eigenvalue weighted by Crippen LogP contribution is -2.31. The van der Waals surface area contributed by atoms with Gasteiger partial charge in [0.1, 0.15) is 0 Å². The van der Waals surface area contributed by atoms with Crippen molar-refractivity contribution in [1.29, 1.82) is 0 Å². The number of amides is 2. The fourth-order valence-corrected chi connectivity index (χ4v) is 1.90. The summed E-state index contributed by atoms with van der Waals surface area (Å²) < 4.78 is 0. The first-order chi connectivity index (χ1) is 9.15. The zero-order valence-corrected chi connectivity index (χ0v) is 11.4. The molecule has 1 aliphatic carbocycles. The monoisotopic (exact) mass is 264 g/mol. The van der Waals surface area contributed by atoms with Gasteiger partial charge in [0.15, 0.2) is 0 Å². The van der Waals surface area contributed by atoms with E-state index in [0.29, 0.717) is 6.54 Å². The maximum Gasteiger partial charge on any atom is 0.321 e. The van der Waals surface area contributed by atoms with Gasteiger partial charge in [-0.2, -0.15) is 4.80 Å². The number of carbonyl (C=O) groups excluding carboxylic acids is 1. The molecule has 7 nitrogen and oxygen atoms in total. The predicted octanol–water partition coefficient (Wildman–Crippen LogP) is 1.88. The smallest absolute Gasteiger partial charge is 0.321 e. The number of allylic oxidation sites excluding steroid dienone is 1. The van der Waals surface area contributed by atoms with Gasteiger partial charge < -0.3 is 5.32 Å². The number of urea groups is 1. The van der Waals surface area contributed by atoms with Crippen LogP contribution in [0.1, 0.15) is 45.6 Å². The summed E-state index contributed by atoms with van der Waals surface area (Å²) in [6.07, 6.45) is 6.85. The van der Waals surface area contributed by atoms with E-state index >= 15 is 0 Å². The highest BCUT2D eigenvalue weighted by molar-refractivity contribution is 5.87. The molecule has 0 fully saturated rings.